The van der Waals surface area contributed by atoms with E-state index in [0.717, 1.165) is 39.7 Å². The van der Waals surface area contributed by atoms with Crippen LogP contribution in [-0.4, -0.2) is 37.2 Å². The SMILES string of the molecule is COc1ccc2c(Cc3cccc(C(=O)NS(C)(=O)=O)n3)c(-c3ccccc3)n(C)c2c1. The van der Waals surface area contributed by atoms with Crippen LogP contribution in [0.2, 0.25) is 0 Å². The molecule has 4 aromatic rings. The second-order valence-corrected chi connectivity index (χ2v) is 9.28. The minimum atomic E-state index is -3.67. The monoisotopic (exact) mass is 449 g/mol. The van der Waals surface area contributed by atoms with Crippen molar-refractivity contribution in [1.29, 1.82) is 0 Å². The van der Waals surface area contributed by atoms with Crippen LogP contribution in [0.4, 0.5) is 0 Å². The lowest BCUT2D eigenvalue weighted by Gasteiger charge is -2.09. The highest BCUT2D eigenvalue weighted by Gasteiger charge is 2.19. The second kappa shape index (κ2) is 8.47. The third-order valence-electron chi connectivity index (χ3n) is 5.24. The highest BCUT2D eigenvalue weighted by Crippen LogP contribution is 2.36. The Morgan fingerprint density at radius 2 is 1.81 bits per heavy atom. The van der Waals surface area contributed by atoms with Crippen molar-refractivity contribution in [1.82, 2.24) is 14.3 Å². The number of ether oxygens (including phenoxy) is 1. The molecule has 1 N–H and O–H groups in total. The van der Waals surface area contributed by atoms with E-state index in [9.17, 15) is 13.2 Å². The molecule has 0 spiro atoms. The minimum Gasteiger partial charge on any atom is -0.497 e. The normalized spacial score (nSPS) is 11.5. The van der Waals surface area contributed by atoms with Gasteiger partial charge in [-0.05, 0) is 35.4 Å². The minimum absolute atomic E-state index is 0.0519. The van der Waals surface area contributed by atoms with Crippen molar-refractivity contribution in [3.8, 4) is 17.0 Å². The number of sulfonamides is 1. The summed E-state index contributed by atoms with van der Waals surface area (Å²) in [7, 11) is -0.0229. The number of carbonyl (C=O) groups excluding carboxylic acids is 1. The maximum absolute atomic E-state index is 12.3. The van der Waals surface area contributed by atoms with Gasteiger partial charge in [0.15, 0.2) is 0 Å². The van der Waals surface area contributed by atoms with Gasteiger partial charge in [-0.25, -0.2) is 18.1 Å². The Morgan fingerprint density at radius 1 is 1.06 bits per heavy atom. The van der Waals surface area contributed by atoms with Gasteiger partial charge < -0.3 is 9.30 Å². The fourth-order valence-electron chi connectivity index (χ4n) is 3.87. The molecule has 0 saturated carbocycles. The summed E-state index contributed by atoms with van der Waals surface area (Å²) < 4.78 is 32.3. The van der Waals surface area contributed by atoms with E-state index < -0.39 is 15.9 Å². The van der Waals surface area contributed by atoms with Gasteiger partial charge in [0, 0.05) is 30.6 Å². The van der Waals surface area contributed by atoms with E-state index in [-0.39, 0.29) is 5.69 Å². The summed E-state index contributed by atoms with van der Waals surface area (Å²) in [6, 6.07) is 21.0. The Bertz CT molecular complexity index is 1410. The summed E-state index contributed by atoms with van der Waals surface area (Å²) in [5, 5.41) is 1.06. The standard InChI is InChI=1S/C24H23N3O4S/c1-27-22-15-18(31-2)12-13-19(22)20(23(27)16-8-5-4-6-9-16)14-17-10-7-11-21(25-17)24(28)26-32(3,29)30/h4-13,15H,14H2,1-3H3,(H,26,28). The number of rotatable bonds is 6. The number of carbonyl (C=O) groups is 1. The summed E-state index contributed by atoms with van der Waals surface area (Å²) in [5.74, 6) is 0.0159. The number of amides is 1. The van der Waals surface area contributed by atoms with E-state index in [1.165, 1.54) is 6.07 Å². The predicted octanol–water partition coefficient (Wildman–Crippen LogP) is 3.53. The molecule has 0 aliphatic heterocycles. The van der Waals surface area contributed by atoms with Crippen LogP contribution >= 0.6 is 0 Å². The number of pyridine rings is 1. The number of nitrogens with zero attached hydrogens (tertiary/aromatic N) is 2. The lowest BCUT2D eigenvalue weighted by Crippen LogP contribution is -2.30. The lowest BCUT2D eigenvalue weighted by molar-refractivity contribution is 0.0976. The molecule has 8 heteroatoms. The number of nitrogens with one attached hydrogen (secondary N) is 1. The first-order valence-electron chi connectivity index (χ1n) is 9.95. The Labute approximate surface area is 186 Å². The maximum Gasteiger partial charge on any atom is 0.283 e. The van der Waals surface area contributed by atoms with Crippen LogP contribution in [0.3, 0.4) is 0 Å². The third-order valence-corrected chi connectivity index (χ3v) is 5.79. The van der Waals surface area contributed by atoms with Crippen molar-refractivity contribution < 1.29 is 17.9 Å². The molecule has 32 heavy (non-hydrogen) atoms. The molecule has 2 aromatic carbocycles. The number of benzene rings is 2. The molecule has 0 atom stereocenters. The van der Waals surface area contributed by atoms with Gasteiger partial charge in [0.05, 0.1) is 24.6 Å². The molecule has 0 fully saturated rings. The van der Waals surface area contributed by atoms with Crippen LogP contribution in [0.25, 0.3) is 22.2 Å². The van der Waals surface area contributed by atoms with Gasteiger partial charge >= 0.3 is 0 Å². The number of hydrogen-bond donors (Lipinski definition) is 1. The van der Waals surface area contributed by atoms with Gasteiger partial charge in [-0.15, -0.1) is 0 Å². The zero-order valence-corrected chi connectivity index (χ0v) is 18.8. The summed E-state index contributed by atoms with van der Waals surface area (Å²) in [4.78, 5) is 16.7. The van der Waals surface area contributed by atoms with E-state index in [1.807, 2.05) is 54.2 Å². The van der Waals surface area contributed by atoms with Gasteiger partial charge in [-0.3, -0.25) is 4.79 Å². The number of hydrogen-bond acceptors (Lipinski definition) is 5. The first-order chi connectivity index (χ1) is 15.3. The van der Waals surface area contributed by atoms with Gasteiger partial charge in [0.1, 0.15) is 11.4 Å². The highest BCUT2D eigenvalue weighted by molar-refractivity contribution is 7.89. The molecular weight excluding hydrogens is 426 g/mol. The largest absolute Gasteiger partial charge is 0.497 e. The van der Waals surface area contributed by atoms with Crippen LogP contribution < -0.4 is 9.46 Å². The number of fused-ring (bicyclic) bond motifs is 1. The molecule has 0 radical (unpaired) electrons. The third kappa shape index (κ3) is 4.36. The summed E-state index contributed by atoms with van der Waals surface area (Å²) >= 11 is 0. The molecule has 0 aliphatic carbocycles. The van der Waals surface area contributed by atoms with Crippen molar-refractivity contribution in [3.63, 3.8) is 0 Å². The topological polar surface area (TPSA) is 90.3 Å². The lowest BCUT2D eigenvalue weighted by atomic mass is 10.0. The van der Waals surface area contributed by atoms with Crippen molar-refractivity contribution in [2.75, 3.05) is 13.4 Å². The molecule has 164 valence electrons. The van der Waals surface area contributed by atoms with Crippen molar-refractivity contribution >= 4 is 26.8 Å². The summed E-state index contributed by atoms with van der Waals surface area (Å²) in [6.07, 6.45) is 1.40. The average Bonchev–Trinajstić information content (AvgIpc) is 3.04. The first-order valence-corrected chi connectivity index (χ1v) is 11.8. The van der Waals surface area contributed by atoms with E-state index in [2.05, 4.69) is 21.7 Å². The fraction of sp³-hybridized carbons (Fsp3) is 0.167. The van der Waals surface area contributed by atoms with Crippen LogP contribution in [-0.2, 0) is 23.5 Å². The first kappa shape index (κ1) is 21.6. The Hall–Kier alpha value is -3.65. The molecule has 0 saturated heterocycles. The zero-order chi connectivity index (χ0) is 22.9. The van der Waals surface area contributed by atoms with E-state index in [1.54, 1.807) is 13.2 Å². The molecule has 0 bridgehead atoms. The van der Waals surface area contributed by atoms with Crippen molar-refractivity contribution in [2.45, 2.75) is 6.42 Å². The average molecular weight is 450 g/mol. The van der Waals surface area contributed by atoms with Gasteiger partial charge in [-0.2, -0.15) is 0 Å². The van der Waals surface area contributed by atoms with Crippen molar-refractivity contribution in [2.24, 2.45) is 7.05 Å². The molecule has 0 aliphatic rings. The van der Waals surface area contributed by atoms with Crippen LogP contribution in [0.5, 0.6) is 5.75 Å². The summed E-state index contributed by atoms with van der Waals surface area (Å²) in [6.45, 7) is 0. The van der Waals surface area contributed by atoms with E-state index in [0.29, 0.717) is 12.1 Å². The molecule has 4 rings (SSSR count). The van der Waals surface area contributed by atoms with Crippen LogP contribution in [0.1, 0.15) is 21.7 Å². The number of methoxy groups -OCH3 is 1. The predicted molar refractivity (Wildman–Crippen MR) is 124 cm³/mol. The van der Waals surface area contributed by atoms with Crippen LogP contribution in [0, 0.1) is 0 Å². The van der Waals surface area contributed by atoms with Crippen molar-refractivity contribution in [3.05, 3.63) is 83.7 Å². The molecule has 2 heterocycles. The number of aryl methyl sites for hydroxylation is 1. The second-order valence-electron chi connectivity index (χ2n) is 7.53. The van der Waals surface area contributed by atoms with E-state index >= 15 is 0 Å². The van der Waals surface area contributed by atoms with Crippen LogP contribution in [0.15, 0.2) is 66.7 Å². The molecule has 2 aromatic heterocycles. The van der Waals surface area contributed by atoms with Gasteiger partial charge in [-0.1, -0.05) is 36.4 Å². The molecule has 0 unspecified atom stereocenters. The van der Waals surface area contributed by atoms with Gasteiger partial charge in [0.25, 0.3) is 5.91 Å². The summed E-state index contributed by atoms with van der Waals surface area (Å²) in [5.41, 5.74) is 4.89. The Balaban J connectivity index is 1.83. The quantitative estimate of drug-likeness (QED) is 0.486. The van der Waals surface area contributed by atoms with E-state index in [4.69, 9.17) is 4.74 Å². The maximum atomic E-state index is 12.3. The molecule has 7 nitrogen and oxygen atoms in total. The zero-order valence-electron chi connectivity index (χ0n) is 18.0. The van der Waals surface area contributed by atoms with Gasteiger partial charge in [0.2, 0.25) is 10.0 Å². The molecule has 1 amide bonds. The Morgan fingerprint density at radius 3 is 2.50 bits per heavy atom. The highest BCUT2D eigenvalue weighted by atomic mass is 32.2. The number of aromatic nitrogens is 2. The fourth-order valence-corrected chi connectivity index (χ4v) is 4.31. The Kier molecular flexibility index (Phi) is 5.71. The smallest absolute Gasteiger partial charge is 0.283 e. The molecular formula is C24H23N3O4S.